The standard InChI is InChI=1S/C8H8ClF3N2O3S2/c1-19(16,17)3-2-4(15)13-7-14-5(6(9)18-7)8(10,11)12/h2-3H2,1H3,(H,13,14,15). The Hall–Kier alpha value is -0.870. The highest BCUT2D eigenvalue weighted by Crippen LogP contribution is 2.39. The molecule has 5 nitrogen and oxygen atoms in total. The van der Waals surface area contributed by atoms with Gasteiger partial charge < -0.3 is 5.32 Å². The summed E-state index contributed by atoms with van der Waals surface area (Å²) in [7, 11) is -3.32. The van der Waals surface area contributed by atoms with Crippen molar-refractivity contribution in [2.24, 2.45) is 0 Å². The Balaban J connectivity index is 2.71. The first-order valence-corrected chi connectivity index (χ1v) is 7.95. The summed E-state index contributed by atoms with van der Waals surface area (Å²) < 4.78 is 58.2. The molecular weight excluding hydrogens is 329 g/mol. The Morgan fingerprint density at radius 1 is 1.47 bits per heavy atom. The molecule has 1 aromatic rings. The Morgan fingerprint density at radius 2 is 2.05 bits per heavy atom. The lowest BCUT2D eigenvalue weighted by molar-refractivity contribution is -0.140. The van der Waals surface area contributed by atoms with Crippen LogP contribution in [0.5, 0.6) is 0 Å². The van der Waals surface area contributed by atoms with Gasteiger partial charge in [-0.2, -0.15) is 13.2 Å². The second-order valence-electron chi connectivity index (χ2n) is 3.57. The molecular formula is C8H8ClF3N2O3S2. The fourth-order valence-corrected chi connectivity index (χ4v) is 2.64. The molecule has 0 aliphatic carbocycles. The first-order valence-electron chi connectivity index (χ1n) is 4.70. The van der Waals surface area contributed by atoms with E-state index >= 15 is 0 Å². The van der Waals surface area contributed by atoms with Crippen molar-refractivity contribution in [2.45, 2.75) is 12.6 Å². The lowest BCUT2D eigenvalue weighted by Crippen LogP contribution is -2.16. The van der Waals surface area contributed by atoms with Gasteiger partial charge in [-0.15, -0.1) is 0 Å². The maximum absolute atomic E-state index is 12.4. The van der Waals surface area contributed by atoms with Crippen LogP contribution < -0.4 is 5.32 Å². The number of hydrogen-bond acceptors (Lipinski definition) is 5. The summed E-state index contributed by atoms with van der Waals surface area (Å²) in [5.41, 5.74) is -1.28. The number of carbonyl (C=O) groups excluding carboxylic acids is 1. The van der Waals surface area contributed by atoms with Gasteiger partial charge in [-0.05, 0) is 0 Å². The minimum absolute atomic E-state index is 0.323. The predicted octanol–water partition coefficient (Wildman–Crippen LogP) is 2.19. The number of nitrogens with one attached hydrogen (secondary N) is 1. The molecule has 19 heavy (non-hydrogen) atoms. The number of anilines is 1. The van der Waals surface area contributed by atoms with Gasteiger partial charge in [0.2, 0.25) is 5.91 Å². The number of nitrogens with zero attached hydrogens (tertiary/aromatic N) is 1. The van der Waals surface area contributed by atoms with Gasteiger partial charge in [-0.25, -0.2) is 13.4 Å². The SMILES string of the molecule is CS(=O)(=O)CCC(=O)Nc1nc(C(F)(F)F)c(Cl)s1. The molecule has 1 rings (SSSR count). The maximum atomic E-state index is 12.4. The molecule has 0 spiro atoms. The van der Waals surface area contributed by atoms with Crippen LogP contribution in [-0.4, -0.2) is 31.3 Å². The smallest absolute Gasteiger partial charge is 0.302 e. The Morgan fingerprint density at radius 3 is 2.47 bits per heavy atom. The summed E-state index contributed by atoms with van der Waals surface area (Å²) >= 11 is 5.81. The van der Waals surface area contributed by atoms with Crippen molar-refractivity contribution in [3.05, 3.63) is 10.0 Å². The van der Waals surface area contributed by atoms with Crippen LogP contribution in [0.3, 0.4) is 0 Å². The van der Waals surface area contributed by atoms with Gasteiger partial charge in [0.05, 0.1) is 5.75 Å². The molecule has 0 radical (unpaired) electrons. The average Bonchev–Trinajstić information content (AvgIpc) is 2.55. The number of aromatic nitrogens is 1. The molecule has 0 unspecified atom stereocenters. The molecule has 0 saturated heterocycles. The van der Waals surface area contributed by atoms with E-state index in [4.69, 9.17) is 11.6 Å². The third-order valence-electron chi connectivity index (χ3n) is 1.80. The van der Waals surface area contributed by atoms with Crippen molar-refractivity contribution in [3.8, 4) is 0 Å². The summed E-state index contributed by atoms with van der Waals surface area (Å²) in [4.78, 5) is 14.4. The van der Waals surface area contributed by atoms with Crippen LogP contribution in [-0.2, 0) is 20.8 Å². The Labute approximate surface area is 115 Å². The number of carbonyl (C=O) groups is 1. The monoisotopic (exact) mass is 336 g/mol. The van der Waals surface area contributed by atoms with E-state index in [-0.39, 0.29) is 11.6 Å². The lowest BCUT2D eigenvalue weighted by Gasteiger charge is -2.02. The summed E-state index contributed by atoms with van der Waals surface area (Å²) in [6.45, 7) is 0. The number of alkyl halides is 3. The maximum Gasteiger partial charge on any atom is 0.435 e. The first-order chi connectivity index (χ1) is 8.49. The van der Waals surface area contributed by atoms with Gasteiger partial charge in [-0.3, -0.25) is 4.79 Å². The fourth-order valence-electron chi connectivity index (χ4n) is 0.990. The molecule has 1 aromatic heterocycles. The normalized spacial score (nSPS) is 12.5. The molecule has 0 saturated carbocycles. The van der Waals surface area contributed by atoms with Gasteiger partial charge in [0.25, 0.3) is 0 Å². The highest BCUT2D eigenvalue weighted by molar-refractivity contribution is 7.90. The van der Waals surface area contributed by atoms with E-state index < -0.39 is 37.7 Å². The molecule has 1 amide bonds. The number of hydrogen-bond donors (Lipinski definition) is 1. The fraction of sp³-hybridized carbons (Fsp3) is 0.500. The van der Waals surface area contributed by atoms with Crippen LogP contribution in [0.25, 0.3) is 0 Å². The van der Waals surface area contributed by atoms with Crippen LogP contribution in [0.1, 0.15) is 12.1 Å². The third-order valence-corrected chi connectivity index (χ3v) is 3.92. The summed E-state index contributed by atoms with van der Waals surface area (Å²) in [6, 6.07) is 0. The highest BCUT2D eigenvalue weighted by Gasteiger charge is 2.37. The zero-order chi connectivity index (χ0) is 14.8. The molecule has 0 fully saturated rings. The highest BCUT2D eigenvalue weighted by atomic mass is 35.5. The van der Waals surface area contributed by atoms with Gasteiger partial charge in [0, 0.05) is 12.7 Å². The van der Waals surface area contributed by atoms with E-state index in [1.54, 1.807) is 0 Å². The quantitative estimate of drug-likeness (QED) is 0.914. The van der Waals surface area contributed by atoms with Crippen molar-refractivity contribution < 1.29 is 26.4 Å². The van der Waals surface area contributed by atoms with Gasteiger partial charge in [0.15, 0.2) is 10.8 Å². The van der Waals surface area contributed by atoms with Crippen molar-refractivity contribution in [1.82, 2.24) is 4.98 Å². The van der Waals surface area contributed by atoms with Crippen molar-refractivity contribution in [1.29, 1.82) is 0 Å². The third kappa shape index (κ3) is 5.33. The van der Waals surface area contributed by atoms with Crippen molar-refractivity contribution in [3.63, 3.8) is 0 Å². The van der Waals surface area contributed by atoms with Crippen LogP contribution in [0, 0.1) is 0 Å². The second-order valence-corrected chi connectivity index (χ2v) is 7.43. The van der Waals surface area contributed by atoms with Gasteiger partial charge >= 0.3 is 6.18 Å². The van der Waals surface area contributed by atoms with Crippen molar-refractivity contribution in [2.75, 3.05) is 17.3 Å². The Kier molecular flexibility index (Phi) is 4.80. The van der Waals surface area contributed by atoms with E-state index in [0.717, 1.165) is 6.26 Å². The van der Waals surface area contributed by atoms with E-state index in [1.165, 1.54) is 0 Å². The van der Waals surface area contributed by atoms with Crippen LogP contribution >= 0.6 is 22.9 Å². The summed E-state index contributed by atoms with van der Waals surface area (Å²) in [6.07, 6.45) is -4.12. The number of amides is 1. The average molecular weight is 337 g/mol. The predicted molar refractivity (Wildman–Crippen MR) is 65.1 cm³/mol. The minimum Gasteiger partial charge on any atom is -0.302 e. The van der Waals surface area contributed by atoms with Crippen molar-refractivity contribution >= 4 is 43.8 Å². The zero-order valence-electron chi connectivity index (χ0n) is 9.41. The van der Waals surface area contributed by atoms with E-state index in [1.807, 2.05) is 0 Å². The Bertz CT molecular complexity index is 583. The number of sulfone groups is 1. The van der Waals surface area contributed by atoms with Crippen LogP contribution in [0.2, 0.25) is 4.34 Å². The largest absolute Gasteiger partial charge is 0.435 e. The minimum atomic E-state index is -4.71. The molecule has 1 N–H and O–H groups in total. The lowest BCUT2D eigenvalue weighted by atomic mass is 10.4. The van der Waals surface area contributed by atoms with Crippen LogP contribution in [0.4, 0.5) is 18.3 Å². The molecule has 11 heteroatoms. The number of rotatable bonds is 4. The summed E-state index contributed by atoms with van der Waals surface area (Å²) in [5.74, 6) is -1.14. The summed E-state index contributed by atoms with van der Waals surface area (Å²) in [5, 5.41) is 1.74. The second kappa shape index (κ2) is 5.63. The molecule has 0 aliphatic heterocycles. The molecule has 0 bridgehead atoms. The zero-order valence-corrected chi connectivity index (χ0v) is 11.8. The number of halogens is 4. The molecule has 0 aromatic carbocycles. The van der Waals surface area contributed by atoms with E-state index in [9.17, 15) is 26.4 Å². The van der Waals surface area contributed by atoms with Crippen LogP contribution in [0.15, 0.2) is 0 Å². The topological polar surface area (TPSA) is 76.1 Å². The molecule has 0 atom stereocenters. The van der Waals surface area contributed by atoms with Gasteiger partial charge in [-0.1, -0.05) is 22.9 Å². The number of thiazole rings is 1. The van der Waals surface area contributed by atoms with E-state index in [0.29, 0.717) is 11.3 Å². The van der Waals surface area contributed by atoms with E-state index in [2.05, 4.69) is 10.3 Å². The van der Waals surface area contributed by atoms with Gasteiger partial charge in [0.1, 0.15) is 14.2 Å². The molecule has 108 valence electrons. The molecule has 1 heterocycles. The first kappa shape index (κ1) is 16.2. The molecule has 0 aliphatic rings.